The molecule has 8 nitrogen and oxygen atoms in total. The molecule has 0 bridgehead atoms. The van der Waals surface area contributed by atoms with Crippen molar-refractivity contribution in [3.05, 3.63) is 35.5 Å². The number of aromatic nitrogens is 2. The van der Waals surface area contributed by atoms with Crippen LogP contribution in [0.2, 0.25) is 0 Å². The maximum absolute atomic E-state index is 12.1. The number of ether oxygens (including phenoxy) is 2. The van der Waals surface area contributed by atoms with E-state index >= 15 is 0 Å². The molecule has 1 aliphatic rings. The molecule has 114 valence electrons. The van der Waals surface area contributed by atoms with E-state index in [1.807, 2.05) is 0 Å². The lowest BCUT2D eigenvalue weighted by Crippen LogP contribution is -2.38. The van der Waals surface area contributed by atoms with Gasteiger partial charge >= 0.3 is 5.97 Å². The number of rotatable bonds is 3. The SMILES string of the molecule is COC(=O)c1ccc2c(c1)OCC(=O)N2Cc1noc(C)n1. The van der Waals surface area contributed by atoms with Crippen molar-refractivity contribution in [2.24, 2.45) is 0 Å². The molecule has 2 heterocycles. The first-order valence-corrected chi connectivity index (χ1v) is 6.53. The van der Waals surface area contributed by atoms with Crippen LogP contribution in [0.4, 0.5) is 5.69 Å². The zero-order valence-corrected chi connectivity index (χ0v) is 12.0. The number of carbonyl (C=O) groups excluding carboxylic acids is 2. The van der Waals surface area contributed by atoms with Crippen LogP contribution in [-0.2, 0) is 16.1 Å². The highest BCUT2D eigenvalue weighted by Gasteiger charge is 2.27. The fraction of sp³-hybridized carbons (Fsp3) is 0.286. The molecule has 0 saturated heterocycles. The zero-order chi connectivity index (χ0) is 15.7. The molecule has 0 unspecified atom stereocenters. The maximum atomic E-state index is 12.1. The van der Waals surface area contributed by atoms with Crippen molar-refractivity contribution in [3.8, 4) is 5.75 Å². The summed E-state index contributed by atoms with van der Waals surface area (Å²) in [5.41, 5.74) is 0.900. The van der Waals surface area contributed by atoms with Gasteiger partial charge in [0.1, 0.15) is 5.75 Å². The van der Waals surface area contributed by atoms with Gasteiger partial charge in [-0.1, -0.05) is 5.16 Å². The maximum Gasteiger partial charge on any atom is 0.337 e. The lowest BCUT2D eigenvalue weighted by molar-refractivity contribution is -0.121. The predicted molar refractivity (Wildman–Crippen MR) is 73.5 cm³/mol. The number of hydrogen-bond acceptors (Lipinski definition) is 7. The number of methoxy groups -OCH3 is 1. The van der Waals surface area contributed by atoms with E-state index < -0.39 is 5.97 Å². The van der Waals surface area contributed by atoms with Gasteiger partial charge in [0.2, 0.25) is 5.89 Å². The number of esters is 1. The summed E-state index contributed by atoms with van der Waals surface area (Å²) in [6.07, 6.45) is 0. The predicted octanol–water partition coefficient (Wildman–Crippen LogP) is 1.09. The third-order valence-electron chi connectivity index (χ3n) is 3.19. The van der Waals surface area contributed by atoms with Crippen LogP contribution >= 0.6 is 0 Å². The number of benzene rings is 1. The number of nitrogens with zero attached hydrogens (tertiary/aromatic N) is 3. The summed E-state index contributed by atoms with van der Waals surface area (Å²) in [6.45, 7) is 1.73. The standard InChI is InChI=1S/C14H13N3O5/c1-8-15-12(16-22-8)6-17-10-4-3-9(14(19)20-2)5-11(10)21-7-13(17)18/h3-5H,6-7H2,1-2H3. The van der Waals surface area contributed by atoms with Gasteiger partial charge in [-0.2, -0.15) is 4.98 Å². The van der Waals surface area contributed by atoms with Crippen molar-refractivity contribution >= 4 is 17.6 Å². The molecule has 1 aromatic heterocycles. The molecule has 0 fully saturated rings. The van der Waals surface area contributed by atoms with Gasteiger partial charge in [-0.15, -0.1) is 0 Å². The molecule has 0 aliphatic carbocycles. The first-order chi connectivity index (χ1) is 10.6. The lowest BCUT2D eigenvalue weighted by Gasteiger charge is -2.28. The number of hydrogen-bond donors (Lipinski definition) is 0. The third kappa shape index (κ3) is 2.50. The van der Waals surface area contributed by atoms with Crippen LogP contribution < -0.4 is 9.64 Å². The van der Waals surface area contributed by atoms with Crippen LogP contribution in [0, 0.1) is 6.92 Å². The highest BCUT2D eigenvalue weighted by molar-refractivity contribution is 5.99. The van der Waals surface area contributed by atoms with Crippen molar-refractivity contribution in [1.82, 2.24) is 10.1 Å². The molecule has 0 radical (unpaired) electrons. The topological polar surface area (TPSA) is 94.8 Å². The Hall–Kier alpha value is -2.90. The molecule has 0 N–H and O–H groups in total. The molecule has 1 amide bonds. The minimum absolute atomic E-state index is 0.117. The average Bonchev–Trinajstić information content (AvgIpc) is 2.94. The Morgan fingerprint density at radius 1 is 1.45 bits per heavy atom. The highest BCUT2D eigenvalue weighted by atomic mass is 16.5. The molecular weight excluding hydrogens is 290 g/mol. The van der Waals surface area contributed by atoms with E-state index in [1.54, 1.807) is 25.1 Å². The molecular formula is C14H13N3O5. The molecule has 1 aliphatic heterocycles. The van der Waals surface area contributed by atoms with Crippen molar-refractivity contribution in [2.45, 2.75) is 13.5 Å². The smallest absolute Gasteiger partial charge is 0.337 e. The molecule has 0 spiro atoms. The Kier molecular flexibility index (Phi) is 3.50. The number of fused-ring (bicyclic) bond motifs is 1. The van der Waals surface area contributed by atoms with Crippen molar-refractivity contribution in [3.63, 3.8) is 0 Å². The number of amides is 1. The van der Waals surface area contributed by atoms with Crippen LogP contribution in [0.25, 0.3) is 0 Å². The molecule has 1 aromatic carbocycles. The van der Waals surface area contributed by atoms with Gasteiger partial charge in [0.05, 0.1) is 24.9 Å². The second-order valence-electron chi connectivity index (χ2n) is 4.67. The Labute approximate surface area is 125 Å². The Bertz CT molecular complexity index is 740. The van der Waals surface area contributed by atoms with E-state index in [2.05, 4.69) is 14.9 Å². The van der Waals surface area contributed by atoms with Gasteiger partial charge < -0.3 is 14.0 Å². The fourth-order valence-electron chi connectivity index (χ4n) is 2.17. The monoisotopic (exact) mass is 303 g/mol. The largest absolute Gasteiger partial charge is 0.482 e. The second-order valence-corrected chi connectivity index (χ2v) is 4.67. The van der Waals surface area contributed by atoms with Gasteiger partial charge in [0.25, 0.3) is 5.91 Å². The van der Waals surface area contributed by atoms with Crippen molar-refractivity contribution in [2.75, 3.05) is 18.6 Å². The first-order valence-electron chi connectivity index (χ1n) is 6.53. The Morgan fingerprint density at radius 2 is 2.27 bits per heavy atom. The van der Waals surface area contributed by atoms with Crippen LogP contribution in [0.3, 0.4) is 0 Å². The zero-order valence-electron chi connectivity index (χ0n) is 12.0. The van der Waals surface area contributed by atoms with Gasteiger partial charge in [0, 0.05) is 6.92 Å². The van der Waals surface area contributed by atoms with Crippen LogP contribution in [0.5, 0.6) is 5.75 Å². The van der Waals surface area contributed by atoms with E-state index in [0.717, 1.165) is 0 Å². The third-order valence-corrected chi connectivity index (χ3v) is 3.19. The van der Waals surface area contributed by atoms with E-state index in [4.69, 9.17) is 9.26 Å². The quantitative estimate of drug-likeness (QED) is 0.783. The van der Waals surface area contributed by atoms with Gasteiger partial charge in [-0.25, -0.2) is 4.79 Å². The lowest BCUT2D eigenvalue weighted by atomic mass is 10.1. The Morgan fingerprint density at radius 3 is 2.95 bits per heavy atom. The fourth-order valence-corrected chi connectivity index (χ4v) is 2.17. The van der Waals surface area contributed by atoms with Crippen LogP contribution in [0.15, 0.2) is 22.7 Å². The van der Waals surface area contributed by atoms with Gasteiger partial charge in [0.15, 0.2) is 12.4 Å². The normalized spacial score (nSPS) is 13.5. The summed E-state index contributed by atoms with van der Waals surface area (Å²) < 4.78 is 15.0. The number of carbonyl (C=O) groups is 2. The molecule has 22 heavy (non-hydrogen) atoms. The molecule has 3 rings (SSSR count). The van der Waals surface area contributed by atoms with E-state index in [0.29, 0.717) is 28.7 Å². The summed E-state index contributed by atoms with van der Waals surface area (Å²) in [7, 11) is 1.30. The van der Waals surface area contributed by atoms with Crippen molar-refractivity contribution < 1.29 is 23.6 Å². The number of aryl methyl sites for hydroxylation is 1. The number of anilines is 1. The molecule has 0 atom stereocenters. The summed E-state index contributed by atoms with van der Waals surface area (Å²) >= 11 is 0. The summed E-state index contributed by atoms with van der Waals surface area (Å²) in [4.78, 5) is 29.2. The Balaban J connectivity index is 1.93. The summed E-state index contributed by atoms with van der Waals surface area (Å²) in [6, 6.07) is 4.74. The summed E-state index contributed by atoms with van der Waals surface area (Å²) in [5.74, 6) is 0.569. The van der Waals surface area contributed by atoms with Gasteiger partial charge in [-0.05, 0) is 18.2 Å². The van der Waals surface area contributed by atoms with Crippen molar-refractivity contribution in [1.29, 1.82) is 0 Å². The minimum atomic E-state index is -0.469. The first kappa shape index (κ1) is 14.1. The van der Waals surface area contributed by atoms with E-state index in [-0.39, 0.29) is 19.1 Å². The van der Waals surface area contributed by atoms with Crippen LogP contribution in [-0.4, -0.2) is 35.7 Å². The average molecular weight is 303 g/mol. The summed E-state index contributed by atoms with van der Waals surface area (Å²) in [5, 5.41) is 3.78. The molecule has 2 aromatic rings. The van der Waals surface area contributed by atoms with Gasteiger partial charge in [-0.3, -0.25) is 9.69 Å². The second kappa shape index (κ2) is 5.47. The molecule has 0 saturated carbocycles. The highest BCUT2D eigenvalue weighted by Crippen LogP contribution is 2.33. The van der Waals surface area contributed by atoms with E-state index in [9.17, 15) is 9.59 Å². The minimum Gasteiger partial charge on any atom is -0.482 e. The molecule has 8 heteroatoms. The van der Waals surface area contributed by atoms with E-state index in [1.165, 1.54) is 12.0 Å². The van der Waals surface area contributed by atoms with Crippen LogP contribution in [0.1, 0.15) is 22.1 Å².